The van der Waals surface area contributed by atoms with Gasteiger partial charge in [-0.1, -0.05) is 69.5 Å². The Bertz CT molecular complexity index is 1370. The Morgan fingerprint density at radius 1 is 0.697 bits per heavy atom. The van der Waals surface area contributed by atoms with Gasteiger partial charge in [0.25, 0.3) is 11.8 Å². The van der Waals surface area contributed by atoms with Crippen molar-refractivity contribution < 1.29 is 9.59 Å². The molecule has 2 amide bonds. The zero-order valence-corrected chi connectivity index (χ0v) is 19.2. The first-order valence-corrected chi connectivity index (χ1v) is 12.1. The van der Waals surface area contributed by atoms with E-state index >= 15 is 0 Å². The third-order valence-electron chi connectivity index (χ3n) is 7.56. The van der Waals surface area contributed by atoms with Gasteiger partial charge < -0.3 is 0 Å². The number of hydrogen-bond donors (Lipinski definition) is 0. The fourth-order valence-corrected chi connectivity index (χ4v) is 5.71. The van der Waals surface area contributed by atoms with Crippen molar-refractivity contribution >= 4 is 33.4 Å². The fraction of sp³-hybridized carbons (Fsp3) is 0.267. The second-order valence-electron chi connectivity index (χ2n) is 9.45. The van der Waals surface area contributed by atoms with Gasteiger partial charge >= 0.3 is 0 Å². The average molecular weight is 434 g/mol. The first-order valence-electron chi connectivity index (χ1n) is 12.1. The molecular formula is C30H27NO2. The Balaban J connectivity index is 1.50. The zero-order chi connectivity index (χ0) is 22.7. The van der Waals surface area contributed by atoms with E-state index in [0.717, 1.165) is 47.6 Å². The van der Waals surface area contributed by atoms with E-state index in [1.807, 2.05) is 12.1 Å². The van der Waals surface area contributed by atoms with E-state index in [9.17, 15) is 9.59 Å². The summed E-state index contributed by atoms with van der Waals surface area (Å²) in [6.07, 6.45) is 4.27. The maximum atomic E-state index is 13.6. The Morgan fingerprint density at radius 3 is 1.73 bits per heavy atom. The summed E-state index contributed by atoms with van der Waals surface area (Å²) in [4.78, 5) is 28.6. The summed E-state index contributed by atoms with van der Waals surface area (Å²) in [7, 11) is 0. The van der Waals surface area contributed by atoms with Crippen LogP contribution in [0.4, 0.5) is 0 Å². The largest absolute Gasteiger partial charge is 0.274 e. The number of carbonyl (C=O) groups is 2. The van der Waals surface area contributed by atoms with Gasteiger partial charge in [0, 0.05) is 23.1 Å². The smallest absolute Gasteiger partial charge is 0.261 e. The molecule has 4 aromatic carbocycles. The van der Waals surface area contributed by atoms with Gasteiger partial charge in [-0.05, 0) is 75.0 Å². The molecule has 1 aliphatic carbocycles. The highest BCUT2D eigenvalue weighted by Gasteiger charge is 2.36. The lowest BCUT2D eigenvalue weighted by molar-refractivity contribution is 0.0580. The van der Waals surface area contributed by atoms with Crippen LogP contribution in [-0.4, -0.2) is 23.3 Å². The highest BCUT2D eigenvalue weighted by atomic mass is 16.2. The van der Waals surface area contributed by atoms with Crippen LogP contribution in [0.5, 0.6) is 0 Å². The minimum atomic E-state index is -0.146. The fourth-order valence-electron chi connectivity index (χ4n) is 5.71. The van der Waals surface area contributed by atoms with Gasteiger partial charge in [0.05, 0.1) is 0 Å². The molecule has 0 spiro atoms. The molecule has 0 radical (unpaired) electrons. The molecule has 0 saturated carbocycles. The molecule has 1 unspecified atom stereocenters. The monoisotopic (exact) mass is 433 g/mol. The van der Waals surface area contributed by atoms with Crippen LogP contribution in [0.3, 0.4) is 0 Å². The molecule has 0 aromatic heterocycles. The minimum absolute atomic E-state index is 0.146. The molecule has 4 aromatic rings. The van der Waals surface area contributed by atoms with E-state index in [1.165, 1.54) is 26.8 Å². The third kappa shape index (κ3) is 2.88. The van der Waals surface area contributed by atoms with Crippen molar-refractivity contribution in [1.29, 1.82) is 0 Å². The van der Waals surface area contributed by atoms with Crippen LogP contribution in [0.2, 0.25) is 0 Å². The van der Waals surface area contributed by atoms with Gasteiger partial charge in [-0.2, -0.15) is 0 Å². The number of nitrogens with zero attached hydrogens (tertiary/aromatic N) is 1. The van der Waals surface area contributed by atoms with Crippen molar-refractivity contribution in [2.45, 2.75) is 39.5 Å². The molecule has 33 heavy (non-hydrogen) atoms. The zero-order valence-electron chi connectivity index (χ0n) is 19.2. The van der Waals surface area contributed by atoms with Gasteiger partial charge in [0.2, 0.25) is 0 Å². The number of benzene rings is 4. The second kappa shape index (κ2) is 7.55. The summed E-state index contributed by atoms with van der Waals surface area (Å²) in [6, 6.07) is 20.9. The number of unbranched alkanes of at least 4 members (excludes halogenated alkanes) is 1. The Morgan fingerprint density at radius 2 is 1.21 bits per heavy atom. The Labute approximate surface area is 194 Å². The molecule has 0 fully saturated rings. The summed E-state index contributed by atoms with van der Waals surface area (Å²) in [5.41, 5.74) is 5.92. The average Bonchev–Trinajstić information content (AvgIpc) is 3.16. The molecule has 1 heterocycles. The molecule has 164 valence electrons. The molecule has 0 saturated heterocycles. The second-order valence-corrected chi connectivity index (χ2v) is 9.45. The first-order chi connectivity index (χ1) is 16.1. The molecular weight excluding hydrogens is 406 g/mol. The number of carbonyl (C=O) groups excluding carboxylic acids is 2. The maximum Gasteiger partial charge on any atom is 0.261 e. The highest BCUT2D eigenvalue weighted by Crippen LogP contribution is 2.51. The van der Waals surface area contributed by atoms with Crippen LogP contribution >= 0.6 is 0 Å². The number of rotatable bonds is 6. The van der Waals surface area contributed by atoms with E-state index in [4.69, 9.17) is 0 Å². The van der Waals surface area contributed by atoms with Crippen LogP contribution in [0, 0.1) is 5.92 Å². The van der Waals surface area contributed by atoms with Gasteiger partial charge in [-0.3, -0.25) is 14.5 Å². The summed E-state index contributed by atoms with van der Waals surface area (Å²) < 4.78 is 0. The maximum absolute atomic E-state index is 13.6. The molecule has 1 atom stereocenters. The molecule has 3 nitrogen and oxygen atoms in total. The quantitative estimate of drug-likeness (QED) is 0.261. The van der Waals surface area contributed by atoms with Gasteiger partial charge in [-0.25, -0.2) is 0 Å². The molecule has 6 rings (SSSR count). The van der Waals surface area contributed by atoms with Crippen LogP contribution < -0.4 is 0 Å². The van der Waals surface area contributed by atoms with E-state index in [-0.39, 0.29) is 11.8 Å². The van der Waals surface area contributed by atoms with E-state index < -0.39 is 0 Å². The molecule has 0 bridgehead atoms. The molecule has 2 aliphatic rings. The summed E-state index contributed by atoms with van der Waals surface area (Å²) >= 11 is 0. The molecule has 0 N–H and O–H groups in total. The van der Waals surface area contributed by atoms with Crippen molar-refractivity contribution in [3.05, 3.63) is 71.8 Å². The lowest BCUT2D eigenvalue weighted by Gasteiger charge is -2.30. The van der Waals surface area contributed by atoms with Crippen LogP contribution in [0.1, 0.15) is 60.2 Å². The van der Waals surface area contributed by atoms with Crippen LogP contribution in [-0.2, 0) is 0 Å². The summed E-state index contributed by atoms with van der Waals surface area (Å²) in [6.45, 7) is 4.83. The first kappa shape index (κ1) is 20.2. The van der Waals surface area contributed by atoms with Gasteiger partial charge in [-0.15, -0.1) is 0 Å². The van der Waals surface area contributed by atoms with Gasteiger partial charge in [0.1, 0.15) is 0 Å². The van der Waals surface area contributed by atoms with Crippen molar-refractivity contribution in [3.8, 4) is 22.3 Å². The standard InChI is InChI=1S/C30H27NO2/c1-3-5-8-18(4-2)17-31-29(32)23-13-11-21-25-15-19-9-6-7-10-20(19)16-26(25)22-12-14-24(30(31)33)28(23)27(21)22/h6-7,9-16,18H,3-5,8,17H2,1-2H3. The highest BCUT2D eigenvalue weighted by molar-refractivity contribution is 6.31. The van der Waals surface area contributed by atoms with Crippen molar-refractivity contribution in [1.82, 2.24) is 4.90 Å². The predicted molar refractivity (Wildman–Crippen MR) is 135 cm³/mol. The number of amides is 2. The van der Waals surface area contributed by atoms with Crippen molar-refractivity contribution in [3.63, 3.8) is 0 Å². The Kier molecular flexibility index (Phi) is 4.62. The lowest BCUT2D eigenvalue weighted by Crippen LogP contribution is -2.43. The molecule has 1 aliphatic heterocycles. The number of fused-ring (bicyclic) bond motifs is 4. The SMILES string of the molecule is CCCCC(CC)CN1C(=O)c2ccc3c4c(ccc(c24)C1=O)-c1cc2ccccc2cc1-3. The molecule has 3 heteroatoms. The van der Waals surface area contributed by atoms with Crippen molar-refractivity contribution in [2.24, 2.45) is 5.92 Å². The van der Waals surface area contributed by atoms with Crippen molar-refractivity contribution in [2.75, 3.05) is 6.54 Å². The number of hydrogen-bond acceptors (Lipinski definition) is 2. The third-order valence-corrected chi connectivity index (χ3v) is 7.56. The normalized spacial score (nSPS) is 14.9. The number of imide groups is 1. The summed E-state index contributed by atoms with van der Waals surface area (Å²) in [5, 5.41) is 4.28. The minimum Gasteiger partial charge on any atom is -0.274 e. The lowest BCUT2D eigenvalue weighted by atomic mass is 9.89. The predicted octanol–water partition coefficient (Wildman–Crippen LogP) is 7.45. The van der Waals surface area contributed by atoms with E-state index in [1.54, 1.807) is 0 Å². The van der Waals surface area contributed by atoms with Crippen LogP contribution in [0.25, 0.3) is 43.8 Å². The topological polar surface area (TPSA) is 37.4 Å². The van der Waals surface area contributed by atoms with Gasteiger partial charge in [0.15, 0.2) is 0 Å². The summed E-state index contributed by atoms with van der Waals surface area (Å²) in [5.74, 6) is 0.0559. The van der Waals surface area contributed by atoms with E-state index in [0.29, 0.717) is 23.6 Å². The Hall–Kier alpha value is -3.46. The van der Waals surface area contributed by atoms with E-state index in [2.05, 4.69) is 62.4 Å². The van der Waals surface area contributed by atoms with Crippen LogP contribution in [0.15, 0.2) is 60.7 Å².